The molecule has 4 N–H and O–H groups in total. The van der Waals surface area contributed by atoms with Crippen LogP contribution < -0.4 is 11.1 Å². The Balaban J connectivity index is 4.25. The lowest BCUT2D eigenvalue weighted by molar-refractivity contribution is -0.144. The number of Topliss-reactive ketones (excluding diaryl/α,β-unsaturated/α-hetero) is 1. The number of esters is 1. The predicted molar refractivity (Wildman–Crippen MR) is 79.8 cm³/mol. The molecule has 0 aromatic rings. The highest BCUT2D eigenvalue weighted by molar-refractivity contribution is 8.76. The van der Waals surface area contributed by atoms with Crippen LogP contribution >= 0.6 is 21.6 Å². The third-order valence-corrected chi connectivity index (χ3v) is 4.56. The number of ketones is 1. The van der Waals surface area contributed by atoms with E-state index in [-0.39, 0.29) is 23.7 Å². The Labute approximate surface area is 129 Å². The van der Waals surface area contributed by atoms with Gasteiger partial charge in [-0.3, -0.25) is 14.4 Å². The van der Waals surface area contributed by atoms with E-state index in [4.69, 9.17) is 10.8 Å². The standard InChI is InChI=1S/C11H18N2O6S2/c1-6(14)3-9(15)13-8(11(18)19-2)5-21-20-4-7(12)10(16)17/h7-8H,3-5,12H2,1-2H3,(H,13,15)(H,16,17)/t7-,8-/m0/s1. The quantitative estimate of drug-likeness (QED) is 0.207. The number of ether oxygens (including phenoxy) is 1. The second-order valence-electron chi connectivity index (χ2n) is 4.04. The number of rotatable bonds is 10. The molecule has 10 heteroatoms. The molecule has 0 unspecified atom stereocenters. The predicted octanol–water partition coefficient (Wildman–Crippen LogP) is -0.583. The molecule has 120 valence electrons. The highest BCUT2D eigenvalue weighted by Crippen LogP contribution is 2.22. The summed E-state index contributed by atoms with van der Waals surface area (Å²) >= 11 is 0. The molecule has 0 rings (SSSR count). The summed E-state index contributed by atoms with van der Waals surface area (Å²) in [5.41, 5.74) is 5.32. The Morgan fingerprint density at radius 2 is 1.81 bits per heavy atom. The fourth-order valence-corrected chi connectivity index (χ4v) is 3.35. The van der Waals surface area contributed by atoms with Crippen LogP contribution in [0.3, 0.4) is 0 Å². The van der Waals surface area contributed by atoms with Gasteiger partial charge in [0.2, 0.25) is 5.91 Å². The zero-order valence-corrected chi connectivity index (χ0v) is 13.3. The van der Waals surface area contributed by atoms with Crippen LogP contribution in [0.4, 0.5) is 0 Å². The summed E-state index contributed by atoms with van der Waals surface area (Å²) in [6.07, 6.45) is -0.310. The highest BCUT2D eigenvalue weighted by atomic mass is 33.1. The van der Waals surface area contributed by atoms with Gasteiger partial charge in [0, 0.05) is 11.5 Å². The Morgan fingerprint density at radius 1 is 1.24 bits per heavy atom. The molecular formula is C11H18N2O6S2. The molecule has 0 saturated carbocycles. The molecule has 0 bridgehead atoms. The first-order valence-electron chi connectivity index (χ1n) is 5.87. The van der Waals surface area contributed by atoms with Crippen molar-refractivity contribution in [2.45, 2.75) is 25.4 Å². The Morgan fingerprint density at radius 3 is 2.29 bits per heavy atom. The molecule has 0 radical (unpaired) electrons. The summed E-state index contributed by atoms with van der Waals surface area (Å²) in [4.78, 5) is 44.3. The van der Waals surface area contributed by atoms with E-state index in [1.54, 1.807) is 0 Å². The van der Waals surface area contributed by atoms with Crippen molar-refractivity contribution in [3.63, 3.8) is 0 Å². The maximum absolute atomic E-state index is 11.5. The summed E-state index contributed by atoms with van der Waals surface area (Å²) in [6.45, 7) is 1.27. The number of nitrogens with two attached hydrogens (primary N) is 1. The molecular weight excluding hydrogens is 320 g/mol. The van der Waals surface area contributed by atoms with Crippen LogP contribution in [0.15, 0.2) is 0 Å². The zero-order chi connectivity index (χ0) is 16.4. The second kappa shape index (κ2) is 10.5. The molecule has 1 amide bonds. The molecule has 0 aliphatic rings. The maximum atomic E-state index is 11.5. The van der Waals surface area contributed by atoms with Crippen LogP contribution in [0.5, 0.6) is 0 Å². The number of hydrogen-bond donors (Lipinski definition) is 3. The van der Waals surface area contributed by atoms with Gasteiger partial charge in [0.15, 0.2) is 0 Å². The molecule has 2 atom stereocenters. The lowest BCUT2D eigenvalue weighted by atomic mass is 10.2. The van der Waals surface area contributed by atoms with E-state index >= 15 is 0 Å². The molecule has 0 saturated heterocycles. The average Bonchev–Trinajstić information content (AvgIpc) is 2.39. The number of methoxy groups -OCH3 is 1. The van der Waals surface area contributed by atoms with E-state index in [1.807, 2.05) is 0 Å². The van der Waals surface area contributed by atoms with E-state index < -0.39 is 29.9 Å². The lowest BCUT2D eigenvalue weighted by Crippen LogP contribution is -2.43. The van der Waals surface area contributed by atoms with Crippen molar-refractivity contribution >= 4 is 45.2 Å². The highest BCUT2D eigenvalue weighted by Gasteiger charge is 2.22. The Bertz CT molecular complexity index is 404. The van der Waals surface area contributed by atoms with Gasteiger partial charge >= 0.3 is 11.9 Å². The summed E-state index contributed by atoms with van der Waals surface area (Å²) in [5.74, 6) is -2.29. The van der Waals surface area contributed by atoms with Crippen LogP contribution in [0.25, 0.3) is 0 Å². The minimum absolute atomic E-state index is 0.162. The van der Waals surface area contributed by atoms with Crippen LogP contribution in [0, 0.1) is 0 Å². The van der Waals surface area contributed by atoms with E-state index in [1.165, 1.54) is 35.6 Å². The van der Waals surface area contributed by atoms with Crippen LogP contribution in [-0.2, 0) is 23.9 Å². The van der Waals surface area contributed by atoms with E-state index in [0.717, 1.165) is 0 Å². The smallest absolute Gasteiger partial charge is 0.329 e. The number of carboxylic acid groups (broad SMARTS) is 1. The van der Waals surface area contributed by atoms with E-state index in [0.29, 0.717) is 0 Å². The SMILES string of the molecule is COC(=O)[C@H](CSSC[C@H](N)C(=O)O)NC(=O)CC(C)=O. The molecule has 21 heavy (non-hydrogen) atoms. The van der Waals surface area contributed by atoms with Gasteiger partial charge in [-0.1, -0.05) is 21.6 Å². The van der Waals surface area contributed by atoms with Gasteiger partial charge in [-0.05, 0) is 6.92 Å². The molecule has 0 aromatic carbocycles. The minimum Gasteiger partial charge on any atom is -0.480 e. The van der Waals surface area contributed by atoms with Gasteiger partial charge in [-0.15, -0.1) is 0 Å². The largest absolute Gasteiger partial charge is 0.480 e. The van der Waals surface area contributed by atoms with Crippen molar-refractivity contribution in [3.8, 4) is 0 Å². The van der Waals surface area contributed by atoms with Crippen LogP contribution in [0.2, 0.25) is 0 Å². The summed E-state index contributed by atoms with van der Waals surface area (Å²) < 4.78 is 4.55. The van der Waals surface area contributed by atoms with E-state index in [9.17, 15) is 19.2 Å². The lowest BCUT2D eigenvalue weighted by Gasteiger charge is -2.15. The molecule has 8 nitrogen and oxygen atoms in total. The third-order valence-electron chi connectivity index (χ3n) is 2.11. The van der Waals surface area contributed by atoms with Gasteiger partial charge in [-0.2, -0.15) is 0 Å². The number of nitrogens with one attached hydrogen (secondary N) is 1. The number of carbonyl (C=O) groups excluding carboxylic acids is 3. The fourth-order valence-electron chi connectivity index (χ4n) is 1.09. The topological polar surface area (TPSA) is 136 Å². The monoisotopic (exact) mass is 338 g/mol. The van der Waals surface area contributed by atoms with Crippen LogP contribution in [0.1, 0.15) is 13.3 Å². The van der Waals surface area contributed by atoms with E-state index in [2.05, 4.69) is 10.1 Å². The van der Waals surface area contributed by atoms with Crippen molar-refractivity contribution in [2.75, 3.05) is 18.6 Å². The van der Waals surface area contributed by atoms with Gasteiger partial charge in [-0.25, -0.2) is 4.79 Å². The Kier molecular flexibility index (Phi) is 9.84. The first kappa shape index (κ1) is 19.7. The molecule has 0 spiro atoms. The first-order chi connectivity index (χ1) is 9.77. The third kappa shape index (κ3) is 9.32. The molecule has 0 aromatic heterocycles. The molecule has 0 fully saturated rings. The second-order valence-corrected chi connectivity index (χ2v) is 6.59. The number of carboxylic acids is 1. The Hall–Kier alpha value is -1.26. The van der Waals surface area contributed by atoms with Crippen molar-refractivity contribution in [2.24, 2.45) is 5.73 Å². The summed E-state index contributed by atoms with van der Waals surface area (Å²) in [7, 11) is 3.54. The number of aliphatic carboxylic acids is 1. The molecule has 0 heterocycles. The van der Waals surface area contributed by atoms with Gasteiger partial charge < -0.3 is 20.9 Å². The number of hydrogen-bond acceptors (Lipinski definition) is 8. The van der Waals surface area contributed by atoms with Crippen molar-refractivity contribution < 1.29 is 29.0 Å². The van der Waals surface area contributed by atoms with Crippen molar-refractivity contribution in [3.05, 3.63) is 0 Å². The van der Waals surface area contributed by atoms with Crippen molar-refractivity contribution in [1.82, 2.24) is 5.32 Å². The summed E-state index contributed by atoms with van der Waals surface area (Å²) in [5, 5.41) is 11.0. The number of carbonyl (C=O) groups is 4. The first-order valence-corrected chi connectivity index (χ1v) is 8.36. The van der Waals surface area contributed by atoms with Crippen LogP contribution in [-0.4, -0.2) is 59.4 Å². The van der Waals surface area contributed by atoms with Gasteiger partial charge in [0.05, 0.1) is 13.5 Å². The minimum atomic E-state index is -1.11. The maximum Gasteiger partial charge on any atom is 0.329 e. The number of amides is 1. The summed E-state index contributed by atoms with van der Waals surface area (Å²) in [6, 6.07) is -1.90. The molecule has 0 aliphatic heterocycles. The zero-order valence-electron chi connectivity index (χ0n) is 11.7. The molecule has 0 aliphatic carbocycles. The van der Waals surface area contributed by atoms with Gasteiger partial charge in [0.25, 0.3) is 0 Å². The fraction of sp³-hybridized carbons (Fsp3) is 0.636. The van der Waals surface area contributed by atoms with Gasteiger partial charge in [0.1, 0.15) is 17.9 Å². The average molecular weight is 338 g/mol. The normalized spacial score (nSPS) is 13.1. The van der Waals surface area contributed by atoms with Crippen molar-refractivity contribution in [1.29, 1.82) is 0 Å².